The van der Waals surface area contributed by atoms with Crippen LogP contribution in [-0.2, 0) is 9.53 Å². The Morgan fingerprint density at radius 3 is 1.45 bits per heavy atom. The molecular weight excluding hydrogens is 4650 g/mol. The Kier molecular flexibility index (Phi) is 51.7. The third kappa shape index (κ3) is 18.1. The van der Waals surface area contributed by atoms with Gasteiger partial charge in [-0.15, -0.1) is 0 Å². The van der Waals surface area contributed by atoms with E-state index in [0.717, 1.165) is 0 Å². The summed E-state index contributed by atoms with van der Waals surface area (Å²) in [5.41, 5.74) is -0.544. The quantitative estimate of drug-likeness (QED) is 0.0631. The Balaban J connectivity index is 5.42. The van der Waals surface area contributed by atoms with Gasteiger partial charge >= 0.3 is 607 Å². The Morgan fingerprint density at radius 1 is 0.647 bits per heavy atom. The summed E-state index contributed by atoms with van der Waals surface area (Å²) in [6.07, 6.45) is 1.70. The number of nitrogens with zero attached hydrogens (tertiary/aromatic N) is 2. The summed E-state index contributed by atoms with van der Waals surface area (Å²) >= 11 is 46.3. The van der Waals surface area contributed by atoms with Gasteiger partial charge in [-0.25, -0.2) is 0 Å². The fourth-order valence-corrected chi connectivity index (χ4v) is 1480. The van der Waals surface area contributed by atoms with Crippen molar-refractivity contribution in [3.05, 3.63) is 0 Å². The average molecular weight is 4660 g/mol. The van der Waals surface area contributed by atoms with Crippen LogP contribution in [0.3, 0.4) is 0 Å². The van der Waals surface area contributed by atoms with E-state index in [4.69, 9.17) is 4.74 Å². The zero-order chi connectivity index (χ0) is 40.4. The van der Waals surface area contributed by atoms with Crippen LogP contribution in [0, 0.1) is 0 Å². The Labute approximate surface area is 579 Å². The SMILES string of the molecule is CC(C)(C)OC(=O)N1C(C)([I-]I)C(I(I)I)(I(I)[I-]I)N(C=O)C(I(I)I(I)I(I)I)(I(I)I(I)I(I)[I-]I)C1(I(I)I(I)I)I(I)I(I)[I-]I. The number of alkyl halides is 7. The Morgan fingerprint density at radius 2 is 1.12 bits per heavy atom. The molecule has 334 valence electrons. The van der Waals surface area contributed by atoms with Gasteiger partial charge in [0.2, 0.25) is 0 Å². The van der Waals surface area contributed by atoms with E-state index in [1.807, 2.05) is 0 Å². The molecule has 5 nitrogen and oxygen atoms in total. The molecule has 0 bridgehead atoms. The molecule has 1 fully saturated rings. The van der Waals surface area contributed by atoms with Crippen LogP contribution >= 0.6 is 472 Å². The van der Waals surface area contributed by atoms with E-state index >= 15 is 9.59 Å². The first-order chi connectivity index (χ1) is 23.2. The van der Waals surface area contributed by atoms with Crippen LogP contribution in [0.2, 0.25) is 0 Å². The van der Waals surface area contributed by atoms with Crippen molar-refractivity contribution in [3.63, 3.8) is 0 Å². The predicted molar refractivity (Wildman–Crippen MR) is 487 cm³/mol. The van der Waals surface area contributed by atoms with Crippen LogP contribution in [-0.4, -0.2) is 36.1 Å². The maximum atomic E-state index is 16.2. The molecule has 0 aromatic heterocycles. The fraction of sp³-hybridized carbons (Fsp3) is 0.818. The molecule has 1 aliphatic rings. The van der Waals surface area contributed by atoms with Crippen molar-refractivity contribution in [2.75, 3.05) is 0 Å². The number of halogens is 35. The van der Waals surface area contributed by atoms with Gasteiger partial charge in [0.25, 0.3) is 0 Å². The molecule has 1 rings (SSSR count). The first-order valence-electron chi connectivity index (χ1n) is 10.0. The first kappa shape index (κ1) is 73.3. The normalized spacial score (nSPS) is 29.2. The summed E-state index contributed by atoms with van der Waals surface area (Å²) in [5, 5.41) is 0. The van der Waals surface area contributed by atoms with Gasteiger partial charge in [-0.2, -0.15) is 0 Å². The van der Waals surface area contributed by atoms with E-state index in [1.165, 1.54) is 0 Å². The summed E-state index contributed by atoms with van der Waals surface area (Å²) in [6, 6.07) is 0. The first-order valence-corrected chi connectivity index (χ1v) is 194. The van der Waals surface area contributed by atoms with Gasteiger partial charge in [-0.3, -0.25) is 0 Å². The van der Waals surface area contributed by atoms with E-state index < -0.39 is 141 Å². The summed E-state index contributed by atoms with van der Waals surface area (Å²) < 4.78 is 6.56. The molecule has 1 aliphatic heterocycles. The predicted octanol–water partition coefficient (Wildman–Crippen LogP) is 15.7. The minimum atomic E-state index is -1.91. The number of carbonyl (C=O) groups excluding carboxylic acids is 2. The van der Waals surface area contributed by atoms with Crippen molar-refractivity contribution in [1.29, 1.82) is 0 Å². The number of amides is 2. The molecule has 2 amide bonds. The van der Waals surface area contributed by atoms with Gasteiger partial charge in [0.1, 0.15) is 0 Å². The second kappa shape index (κ2) is 36.0. The monoisotopic (exact) mass is 4660 g/mol. The zero-order valence-electron chi connectivity index (χ0n) is 22.9. The summed E-state index contributed by atoms with van der Waals surface area (Å²) in [6.45, 7) is 8.97. The maximum absolute atomic E-state index is 16.2. The Hall–Kier alpha value is 24.3. The molecule has 1 saturated heterocycles. The van der Waals surface area contributed by atoms with Crippen molar-refractivity contribution in [2.45, 2.75) is 41.5 Å². The van der Waals surface area contributed by atoms with E-state index in [0.29, 0.717) is 0 Å². The molecule has 1 heterocycles. The zero-order valence-corrected chi connectivity index (χ0v) is 98.4. The number of hydrogen-bond acceptors (Lipinski definition) is 3. The number of hydrogen-bond donors (Lipinski definition) is 0. The van der Waals surface area contributed by atoms with E-state index in [-0.39, 0.29) is 54.1 Å². The molecule has 51 heavy (non-hydrogen) atoms. The van der Waals surface area contributed by atoms with Gasteiger partial charge < -0.3 is 0 Å². The molecule has 0 radical (unpaired) electrons. The van der Waals surface area contributed by atoms with Crippen LogP contribution in [0.1, 0.15) is 27.7 Å². The van der Waals surface area contributed by atoms with Crippen LogP contribution in [0.15, 0.2) is 0 Å². The number of piperazine rings is 1. The Bertz CT molecular complexity index is 1150. The number of ether oxygens (including phenoxy) is 1. The van der Waals surface area contributed by atoms with Crippen molar-refractivity contribution in [2.24, 2.45) is 0 Å². The molecule has 0 spiro atoms. The topological polar surface area (TPSA) is 49.9 Å². The number of rotatable bonds is 17. The van der Waals surface area contributed by atoms with Crippen LogP contribution < -0.4 is 57.0 Å². The fourth-order valence-electron chi connectivity index (χ4n) is 3.43. The van der Waals surface area contributed by atoms with Gasteiger partial charge in [0.05, 0.1) is 0 Å². The van der Waals surface area contributed by atoms with Gasteiger partial charge in [0, 0.05) is 0 Å². The average Bonchev–Trinajstić information content (AvgIpc) is 3.06. The summed E-state index contributed by atoms with van der Waals surface area (Å²) in [5.74, 6) is 0. The van der Waals surface area contributed by atoms with E-state index in [9.17, 15) is 0 Å². The van der Waals surface area contributed by atoms with Gasteiger partial charge in [0.15, 0.2) is 0 Å². The van der Waals surface area contributed by atoms with Gasteiger partial charge in [-0.1, -0.05) is 0 Å². The van der Waals surface area contributed by atoms with Gasteiger partial charge in [-0.05, 0) is 0 Å². The standard InChI is InChI=1S/C11H13I35N2O3/c1-7(2,3)51-6(50)48-8(4,31-12)9(35(16)17,36(18)32-13)47(5-49)10(39(21)45(29)42(25)26,40(22)46(30)44(28)34-15)11(48,37(19)41(23)24)38(20)43(27)33-14/h5H,1-4H3/q-4. The molecule has 0 aromatic carbocycles. The minimum absolute atomic E-state index is 0.0360. The second-order valence-corrected chi connectivity index (χ2v) is 505. The molecule has 0 aliphatic carbocycles. The van der Waals surface area contributed by atoms with Crippen LogP contribution in [0.4, 0.5) is 4.79 Å². The van der Waals surface area contributed by atoms with Crippen LogP contribution in [0.5, 0.6) is 0 Å². The van der Waals surface area contributed by atoms with Crippen molar-refractivity contribution < 1.29 is 71.3 Å². The second-order valence-electron chi connectivity index (χ2n) is 8.25. The van der Waals surface area contributed by atoms with E-state index in [1.54, 1.807) is 6.41 Å². The van der Waals surface area contributed by atoms with Crippen molar-refractivity contribution in [3.8, 4) is 0 Å². The summed E-state index contributed by atoms with van der Waals surface area (Å²) in [4.78, 5) is 37.3. The molecule has 0 saturated carbocycles. The molecular formula is C11H13I35N2O3-4. The van der Waals surface area contributed by atoms with Crippen molar-refractivity contribution >= 4 is 485 Å². The molecule has 40 heteroatoms. The summed E-state index contributed by atoms with van der Waals surface area (Å²) in [7, 11) is -7.85. The molecule has 0 N–H and O–H groups in total. The number of carbonyl (C=O) groups is 2. The molecule has 4 unspecified atom stereocenters. The molecule has 0 aromatic rings. The third-order valence-electron chi connectivity index (χ3n) is 4.84. The van der Waals surface area contributed by atoms with Crippen molar-refractivity contribution in [1.82, 2.24) is 9.80 Å². The van der Waals surface area contributed by atoms with E-state index in [2.05, 4.69) is 391 Å². The third-order valence-corrected chi connectivity index (χ3v) is 1100. The molecule has 4 atom stereocenters. The van der Waals surface area contributed by atoms with Crippen LogP contribution in [0.25, 0.3) is 0 Å².